The zero-order chi connectivity index (χ0) is 13.9. The molecule has 0 aliphatic carbocycles. The average molecular weight is 264 g/mol. The fraction of sp³-hybridized carbons (Fsp3) is 0.133. The normalized spacial score (nSPS) is 10.4. The lowest BCUT2D eigenvalue weighted by Gasteiger charge is -1.97. The fourth-order valence-electron chi connectivity index (χ4n) is 1.92. The quantitative estimate of drug-likeness (QED) is 0.788. The van der Waals surface area contributed by atoms with Gasteiger partial charge in [-0.25, -0.2) is 0 Å². The van der Waals surface area contributed by atoms with E-state index in [4.69, 9.17) is 9.78 Å². The molecule has 3 rings (SSSR count). The van der Waals surface area contributed by atoms with Crippen LogP contribution in [0.2, 0.25) is 0 Å². The molecule has 0 saturated carbocycles. The Kier molecular flexibility index (Phi) is 3.05. The maximum Gasteiger partial charge on any atom is 0.274 e. The highest BCUT2D eigenvalue weighted by Gasteiger charge is 2.12. The van der Waals surface area contributed by atoms with Crippen LogP contribution in [0.25, 0.3) is 23.0 Å². The Morgan fingerprint density at radius 1 is 1.30 bits per heavy atom. The third-order valence-corrected chi connectivity index (χ3v) is 3.09. The Balaban J connectivity index is 1.91. The molecular weight excluding hydrogens is 252 g/mol. The minimum absolute atomic E-state index is 0.376. The summed E-state index contributed by atoms with van der Waals surface area (Å²) in [6.07, 6.45) is 2.60. The highest BCUT2D eigenvalue weighted by atomic mass is 16.5. The minimum Gasteiger partial charge on any atom is -0.356 e. The third kappa shape index (κ3) is 2.19. The first-order valence-electron chi connectivity index (χ1n) is 6.32. The van der Waals surface area contributed by atoms with Gasteiger partial charge in [0.2, 0.25) is 5.82 Å². The summed E-state index contributed by atoms with van der Waals surface area (Å²) < 4.78 is 5.22. The first-order chi connectivity index (χ1) is 9.80. The van der Waals surface area contributed by atoms with Crippen molar-refractivity contribution in [3.63, 3.8) is 0 Å². The maximum atomic E-state index is 8.79. The summed E-state index contributed by atoms with van der Waals surface area (Å²) in [5.41, 5.74) is 3.35. The Morgan fingerprint density at radius 2 is 2.10 bits per heavy atom. The van der Waals surface area contributed by atoms with Crippen molar-refractivity contribution in [3.05, 3.63) is 47.7 Å². The van der Waals surface area contributed by atoms with E-state index < -0.39 is 0 Å². The van der Waals surface area contributed by atoms with Gasteiger partial charge in [-0.3, -0.25) is 0 Å². The zero-order valence-electron chi connectivity index (χ0n) is 10.9. The van der Waals surface area contributed by atoms with E-state index in [1.54, 1.807) is 12.3 Å². The molecule has 0 aliphatic heterocycles. The summed E-state index contributed by atoms with van der Waals surface area (Å²) in [4.78, 5) is 7.27. The first-order valence-corrected chi connectivity index (χ1v) is 6.32. The molecule has 3 aromatic rings. The van der Waals surface area contributed by atoms with Gasteiger partial charge in [-0.1, -0.05) is 36.3 Å². The minimum atomic E-state index is 0.376. The van der Waals surface area contributed by atoms with Gasteiger partial charge in [0.15, 0.2) is 0 Å². The second-order valence-corrected chi connectivity index (χ2v) is 4.39. The molecule has 0 saturated heterocycles. The van der Waals surface area contributed by atoms with Crippen LogP contribution >= 0.6 is 0 Å². The van der Waals surface area contributed by atoms with E-state index in [-0.39, 0.29) is 0 Å². The van der Waals surface area contributed by atoms with Gasteiger partial charge in [0.25, 0.3) is 5.89 Å². The largest absolute Gasteiger partial charge is 0.356 e. The molecule has 0 unspecified atom stereocenters. The maximum absolute atomic E-state index is 8.79. The summed E-state index contributed by atoms with van der Waals surface area (Å²) in [7, 11) is 0. The molecule has 2 heterocycles. The number of nitrogens with zero attached hydrogens (tertiary/aromatic N) is 3. The van der Waals surface area contributed by atoms with E-state index in [1.165, 1.54) is 5.56 Å². The number of aryl methyl sites for hydroxylation is 1. The molecule has 5 nitrogen and oxygen atoms in total. The van der Waals surface area contributed by atoms with Gasteiger partial charge in [-0.2, -0.15) is 10.2 Å². The summed E-state index contributed by atoms with van der Waals surface area (Å²) in [6.45, 7) is 2.11. The van der Waals surface area contributed by atoms with Crippen LogP contribution in [0, 0.1) is 11.3 Å². The summed E-state index contributed by atoms with van der Waals surface area (Å²) in [5, 5.41) is 12.8. The number of benzene rings is 1. The van der Waals surface area contributed by atoms with Gasteiger partial charge in [0.1, 0.15) is 11.8 Å². The molecule has 20 heavy (non-hydrogen) atoms. The topological polar surface area (TPSA) is 78.5 Å². The molecule has 0 radical (unpaired) electrons. The molecule has 1 aromatic carbocycles. The van der Waals surface area contributed by atoms with Gasteiger partial charge < -0.3 is 9.51 Å². The molecule has 0 aliphatic rings. The number of hydrogen-bond acceptors (Lipinski definition) is 4. The number of aromatic nitrogens is 3. The Morgan fingerprint density at radius 3 is 2.75 bits per heavy atom. The lowest BCUT2D eigenvalue weighted by molar-refractivity contribution is 0.431. The molecule has 5 heteroatoms. The van der Waals surface area contributed by atoms with Crippen LogP contribution < -0.4 is 0 Å². The van der Waals surface area contributed by atoms with Gasteiger partial charge in [0, 0.05) is 11.8 Å². The fourth-order valence-corrected chi connectivity index (χ4v) is 1.92. The standard InChI is InChI=1S/C15H12N4O/c1-2-10-3-5-12(6-4-10)14-18-15(20-19-14)13-7-11(8-16)9-17-13/h3-7,9,17H,2H2,1H3. The second kappa shape index (κ2) is 5.02. The van der Waals surface area contributed by atoms with Crippen molar-refractivity contribution in [2.45, 2.75) is 13.3 Å². The molecule has 0 spiro atoms. The van der Waals surface area contributed by atoms with Gasteiger partial charge in [0.05, 0.1) is 5.56 Å². The van der Waals surface area contributed by atoms with Crippen LogP contribution in [0.15, 0.2) is 41.1 Å². The van der Waals surface area contributed by atoms with Crippen molar-refractivity contribution in [2.24, 2.45) is 0 Å². The van der Waals surface area contributed by atoms with Gasteiger partial charge >= 0.3 is 0 Å². The van der Waals surface area contributed by atoms with Crippen LogP contribution in [0.3, 0.4) is 0 Å². The van der Waals surface area contributed by atoms with Crippen molar-refractivity contribution in [1.82, 2.24) is 15.1 Å². The third-order valence-electron chi connectivity index (χ3n) is 3.09. The van der Waals surface area contributed by atoms with Crippen LogP contribution in [-0.2, 0) is 6.42 Å². The van der Waals surface area contributed by atoms with Crippen molar-refractivity contribution in [3.8, 4) is 29.0 Å². The summed E-state index contributed by atoms with van der Waals surface area (Å²) in [5.74, 6) is 0.914. The van der Waals surface area contributed by atoms with Crippen molar-refractivity contribution >= 4 is 0 Å². The van der Waals surface area contributed by atoms with E-state index in [1.807, 2.05) is 30.3 Å². The molecule has 1 N–H and O–H groups in total. The van der Waals surface area contributed by atoms with Crippen LogP contribution in [0.5, 0.6) is 0 Å². The van der Waals surface area contributed by atoms with Crippen molar-refractivity contribution in [2.75, 3.05) is 0 Å². The average Bonchev–Trinajstić information content (AvgIpc) is 3.16. The Bertz CT molecular complexity index is 762. The zero-order valence-corrected chi connectivity index (χ0v) is 10.9. The SMILES string of the molecule is CCc1ccc(-c2noc(-c3cc(C#N)c[nH]3)n2)cc1. The van der Waals surface area contributed by atoms with Crippen molar-refractivity contribution < 1.29 is 4.52 Å². The summed E-state index contributed by atoms with van der Waals surface area (Å²) >= 11 is 0. The van der Waals surface area contributed by atoms with E-state index in [0.717, 1.165) is 12.0 Å². The first kappa shape index (κ1) is 12.2. The number of H-pyrrole nitrogens is 1. The molecule has 0 fully saturated rings. The van der Waals surface area contributed by atoms with E-state index in [0.29, 0.717) is 23.0 Å². The number of rotatable bonds is 3. The smallest absolute Gasteiger partial charge is 0.274 e. The highest BCUT2D eigenvalue weighted by Crippen LogP contribution is 2.22. The van der Waals surface area contributed by atoms with Crippen LogP contribution in [0.1, 0.15) is 18.1 Å². The Labute approximate surface area is 115 Å². The van der Waals surface area contributed by atoms with E-state index in [9.17, 15) is 0 Å². The predicted molar refractivity (Wildman–Crippen MR) is 73.6 cm³/mol. The lowest BCUT2D eigenvalue weighted by atomic mass is 10.1. The molecule has 0 atom stereocenters. The predicted octanol–water partition coefficient (Wildman–Crippen LogP) is 3.17. The molecule has 2 aromatic heterocycles. The Hall–Kier alpha value is -2.87. The van der Waals surface area contributed by atoms with Crippen LogP contribution in [-0.4, -0.2) is 15.1 Å². The molecular formula is C15H12N4O. The monoisotopic (exact) mass is 264 g/mol. The lowest BCUT2D eigenvalue weighted by Crippen LogP contribution is -1.83. The molecule has 0 bridgehead atoms. The number of nitrogens with one attached hydrogen (secondary N) is 1. The van der Waals surface area contributed by atoms with Gasteiger partial charge in [-0.15, -0.1) is 0 Å². The number of hydrogen-bond donors (Lipinski definition) is 1. The second-order valence-electron chi connectivity index (χ2n) is 4.39. The number of aromatic amines is 1. The van der Waals surface area contributed by atoms with Crippen LogP contribution in [0.4, 0.5) is 0 Å². The highest BCUT2D eigenvalue weighted by molar-refractivity contribution is 5.59. The number of nitriles is 1. The van der Waals surface area contributed by atoms with E-state index >= 15 is 0 Å². The molecule has 0 amide bonds. The van der Waals surface area contributed by atoms with Crippen molar-refractivity contribution in [1.29, 1.82) is 5.26 Å². The molecule has 98 valence electrons. The summed E-state index contributed by atoms with van der Waals surface area (Å²) in [6, 6.07) is 11.8. The van der Waals surface area contributed by atoms with Gasteiger partial charge in [-0.05, 0) is 18.1 Å². The van der Waals surface area contributed by atoms with E-state index in [2.05, 4.69) is 22.0 Å².